The van der Waals surface area contributed by atoms with Crippen molar-refractivity contribution in [1.82, 2.24) is 9.78 Å². The van der Waals surface area contributed by atoms with Crippen LogP contribution in [0.5, 0.6) is 0 Å². The smallest absolute Gasteiger partial charge is 0.267 e. The first-order chi connectivity index (χ1) is 9.86. The summed E-state index contributed by atoms with van der Waals surface area (Å²) in [6.45, 7) is 8.12. The molecule has 2 aromatic rings. The highest BCUT2D eigenvalue weighted by Gasteiger charge is 2.22. The number of hydrogen-bond donors (Lipinski definition) is 0. The average molecular weight is 325 g/mol. The van der Waals surface area contributed by atoms with Crippen molar-refractivity contribution < 1.29 is 4.79 Å². The second kappa shape index (κ2) is 6.20. The molecule has 3 nitrogen and oxygen atoms in total. The molecule has 5 heteroatoms. The first kappa shape index (κ1) is 16.1. The molecule has 1 unspecified atom stereocenters. The van der Waals surface area contributed by atoms with Crippen molar-refractivity contribution in [3.05, 3.63) is 50.8 Å². The molecule has 21 heavy (non-hydrogen) atoms. The minimum absolute atomic E-state index is 0.230. The third-order valence-corrected chi connectivity index (χ3v) is 4.35. The van der Waals surface area contributed by atoms with Crippen molar-refractivity contribution in [2.75, 3.05) is 0 Å². The van der Waals surface area contributed by atoms with E-state index in [2.05, 4.69) is 18.9 Å². The third-order valence-electron chi connectivity index (χ3n) is 3.81. The van der Waals surface area contributed by atoms with E-state index >= 15 is 0 Å². The van der Waals surface area contributed by atoms with Crippen LogP contribution in [0.1, 0.15) is 53.5 Å². The molecule has 0 fully saturated rings. The van der Waals surface area contributed by atoms with Gasteiger partial charge in [-0.3, -0.25) is 4.79 Å². The Morgan fingerprint density at radius 2 is 2.00 bits per heavy atom. The molecule has 0 bridgehead atoms. The Hall–Kier alpha value is -1.32. The van der Waals surface area contributed by atoms with Crippen LogP contribution in [0, 0.1) is 13.8 Å². The molecule has 1 aromatic carbocycles. The van der Waals surface area contributed by atoms with Crippen LogP contribution >= 0.6 is 23.2 Å². The second-order valence-corrected chi connectivity index (χ2v) is 6.08. The summed E-state index contributed by atoms with van der Waals surface area (Å²) >= 11 is 12.0. The van der Waals surface area contributed by atoms with E-state index in [4.69, 9.17) is 23.2 Å². The maximum atomic E-state index is 12.6. The van der Waals surface area contributed by atoms with Gasteiger partial charge < -0.3 is 0 Å². The molecular formula is C16H18Cl2N2O. The van der Waals surface area contributed by atoms with Crippen LogP contribution in [0.2, 0.25) is 10.0 Å². The predicted molar refractivity (Wildman–Crippen MR) is 86.6 cm³/mol. The zero-order valence-corrected chi connectivity index (χ0v) is 14.1. The van der Waals surface area contributed by atoms with Gasteiger partial charge in [0.15, 0.2) is 0 Å². The van der Waals surface area contributed by atoms with Gasteiger partial charge in [-0.1, -0.05) is 37.0 Å². The quantitative estimate of drug-likeness (QED) is 0.795. The number of halogens is 2. The minimum atomic E-state index is -0.230. The highest BCUT2D eigenvalue weighted by molar-refractivity contribution is 6.36. The van der Waals surface area contributed by atoms with Crippen molar-refractivity contribution in [1.29, 1.82) is 0 Å². The van der Waals surface area contributed by atoms with Crippen molar-refractivity contribution in [3.8, 4) is 0 Å². The van der Waals surface area contributed by atoms with Crippen LogP contribution < -0.4 is 0 Å². The number of hydrogen-bond acceptors (Lipinski definition) is 2. The van der Waals surface area contributed by atoms with E-state index in [0.29, 0.717) is 21.5 Å². The lowest BCUT2D eigenvalue weighted by Gasteiger charge is -2.10. The molecule has 2 rings (SSSR count). The SMILES string of the molecule is CCC(C)c1c(C)nn(C(=O)c2ccc(Cl)cc2Cl)c1C. The Morgan fingerprint density at radius 1 is 1.33 bits per heavy atom. The molecule has 0 amide bonds. The van der Waals surface area contributed by atoms with E-state index in [0.717, 1.165) is 23.4 Å². The van der Waals surface area contributed by atoms with E-state index in [1.165, 1.54) is 4.68 Å². The largest absolute Gasteiger partial charge is 0.279 e. The Balaban J connectivity index is 2.49. The number of benzene rings is 1. The van der Waals surface area contributed by atoms with Gasteiger partial charge in [0, 0.05) is 10.7 Å². The standard InChI is InChI=1S/C16H18Cl2N2O/c1-5-9(2)15-10(3)19-20(11(15)4)16(21)13-7-6-12(17)8-14(13)18/h6-9H,5H2,1-4H3. The summed E-state index contributed by atoms with van der Waals surface area (Å²) in [4.78, 5) is 12.6. The molecule has 0 radical (unpaired) electrons. The van der Waals surface area contributed by atoms with Crippen molar-refractivity contribution >= 4 is 29.1 Å². The topological polar surface area (TPSA) is 34.9 Å². The fraction of sp³-hybridized carbons (Fsp3) is 0.375. The summed E-state index contributed by atoms with van der Waals surface area (Å²) in [6.07, 6.45) is 1.00. The minimum Gasteiger partial charge on any atom is -0.267 e. The number of nitrogens with zero attached hydrogens (tertiary/aromatic N) is 2. The first-order valence-corrected chi connectivity index (χ1v) is 7.68. The lowest BCUT2D eigenvalue weighted by molar-refractivity contribution is 0.0942. The summed E-state index contributed by atoms with van der Waals surface area (Å²) < 4.78 is 1.44. The van der Waals surface area contributed by atoms with Gasteiger partial charge >= 0.3 is 0 Å². The molecule has 0 spiro atoms. The van der Waals surface area contributed by atoms with Crippen molar-refractivity contribution in [2.24, 2.45) is 0 Å². The summed E-state index contributed by atoms with van der Waals surface area (Å²) in [6, 6.07) is 4.85. The monoisotopic (exact) mass is 324 g/mol. The average Bonchev–Trinajstić information content (AvgIpc) is 2.72. The maximum Gasteiger partial charge on any atom is 0.279 e. The highest BCUT2D eigenvalue weighted by atomic mass is 35.5. The van der Waals surface area contributed by atoms with E-state index in [-0.39, 0.29) is 5.91 Å². The van der Waals surface area contributed by atoms with Gasteiger partial charge in [0.1, 0.15) is 0 Å². The van der Waals surface area contributed by atoms with Crippen molar-refractivity contribution in [3.63, 3.8) is 0 Å². The molecule has 0 N–H and O–H groups in total. The van der Waals surface area contributed by atoms with E-state index in [1.807, 2.05) is 13.8 Å². The summed E-state index contributed by atoms with van der Waals surface area (Å²) in [5.74, 6) is 0.138. The molecule has 0 saturated carbocycles. The molecular weight excluding hydrogens is 307 g/mol. The number of carbonyl (C=O) groups excluding carboxylic acids is 1. The van der Waals surface area contributed by atoms with Gasteiger partial charge in [0.25, 0.3) is 5.91 Å². The summed E-state index contributed by atoms with van der Waals surface area (Å²) in [5, 5.41) is 5.24. The number of rotatable bonds is 3. The summed E-state index contributed by atoms with van der Waals surface area (Å²) in [7, 11) is 0. The fourth-order valence-corrected chi connectivity index (χ4v) is 3.04. The van der Waals surface area contributed by atoms with Gasteiger partial charge in [0.05, 0.1) is 16.3 Å². The fourth-order valence-electron chi connectivity index (χ4n) is 2.55. The summed E-state index contributed by atoms with van der Waals surface area (Å²) in [5.41, 5.74) is 3.30. The zero-order valence-electron chi connectivity index (χ0n) is 12.6. The van der Waals surface area contributed by atoms with Crippen LogP contribution in [0.4, 0.5) is 0 Å². The second-order valence-electron chi connectivity index (χ2n) is 5.23. The normalized spacial score (nSPS) is 12.5. The Bertz CT molecular complexity index is 692. The highest BCUT2D eigenvalue weighted by Crippen LogP contribution is 2.27. The van der Waals surface area contributed by atoms with Gasteiger partial charge in [0.2, 0.25) is 0 Å². The van der Waals surface area contributed by atoms with E-state index in [9.17, 15) is 4.79 Å². The van der Waals surface area contributed by atoms with Crippen LogP contribution in [0.3, 0.4) is 0 Å². The Kier molecular flexibility index (Phi) is 4.74. The van der Waals surface area contributed by atoms with Crippen LogP contribution in [0.25, 0.3) is 0 Å². The third kappa shape index (κ3) is 2.99. The lowest BCUT2D eigenvalue weighted by atomic mass is 9.97. The Labute approximate surface area is 134 Å². The maximum absolute atomic E-state index is 12.6. The number of aryl methyl sites for hydroxylation is 1. The Morgan fingerprint density at radius 3 is 2.57 bits per heavy atom. The molecule has 112 valence electrons. The van der Waals surface area contributed by atoms with E-state index in [1.54, 1.807) is 18.2 Å². The van der Waals surface area contributed by atoms with Crippen molar-refractivity contribution in [2.45, 2.75) is 40.0 Å². The van der Waals surface area contributed by atoms with Gasteiger partial charge in [-0.15, -0.1) is 0 Å². The molecule has 1 aromatic heterocycles. The molecule has 1 heterocycles. The molecule has 1 atom stereocenters. The molecule has 0 aliphatic heterocycles. The molecule has 0 saturated heterocycles. The number of carbonyl (C=O) groups is 1. The lowest BCUT2D eigenvalue weighted by Crippen LogP contribution is -2.16. The predicted octanol–water partition coefficient (Wildman–Crippen LogP) is 5.01. The first-order valence-electron chi connectivity index (χ1n) is 6.92. The van der Waals surface area contributed by atoms with Gasteiger partial charge in [-0.2, -0.15) is 5.10 Å². The van der Waals surface area contributed by atoms with Gasteiger partial charge in [-0.05, 0) is 49.9 Å². The zero-order chi connectivity index (χ0) is 15.7. The van der Waals surface area contributed by atoms with Crippen LogP contribution in [0.15, 0.2) is 18.2 Å². The van der Waals surface area contributed by atoms with Gasteiger partial charge in [-0.25, -0.2) is 4.68 Å². The molecule has 0 aliphatic rings. The van der Waals surface area contributed by atoms with E-state index < -0.39 is 0 Å². The number of aromatic nitrogens is 2. The van der Waals surface area contributed by atoms with Crippen LogP contribution in [-0.2, 0) is 0 Å². The molecule has 0 aliphatic carbocycles. The van der Waals surface area contributed by atoms with Crippen LogP contribution in [-0.4, -0.2) is 15.7 Å².